The number of amides is 1. The topological polar surface area (TPSA) is 92.8 Å². The van der Waals surface area contributed by atoms with E-state index >= 15 is 0 Å². The third-order valence-corrected chi connectivity index (χ3v) is 5.17. The van der Waals surface area contributed by atoms with Crippen LogP contribution < -0.4 is 30.2 Å². The van der Waals surface area contributed by atoms with E-state index in [1.165, 1.54) is 0 Å². The molecule has 29 heavy (non-hydrogen) atoms. The van der Waals surface area contributed by atoms with Crippen LogP contribution in [0, 0.1) is 0 Å². The fourth-order valence-corrected chi connectivity index (χ4v) is 3.62. The Balaban J connectivity index is 1.71. The smallest absolute Gasteiger partial charge is 0.306 e. The maximum atomic E-state index is 12.4. The van der Waals surface area contributed by atoms with Crippen molar-refractivity contribution in [2.45, 2.75) is 0 Å². The monoisotopic (exact) mass is 407 g/mol. The molecule has 8 heteroatoms. The van der Waals surface area contributed by atoms with Gasteiger partial charge in [-0.1, -0.05) is 11.3 Å². The summed E-state index contributed by atoms with van der Waals surface area (Å²) in [7, 11) is 3.18. The van der Waals surface area contributed by atoms with Crippen molar-refractivity contribution >= 4 is 40.9 Å². The van der Waals surface area contributed by atoms with E-state index in [1.807, 2.05) is 30.3 Å². The molecule has 7 nitrogen and oxygen atoms in total. The Labute approximate surface area is 169 Å². The Morgan fingerprint density at radius 3 is 2.48 bits per heavy atom. The Morgan fingerprint density at radius 2 is 1.76 bits per heavy atom. The average Bonchev–Trinajstić information content (AvgIpc) is 3.07. The van der Waals surface area contributed by atoms with Gasteiger partial charge < -0.3 is 14.8 Å². The molecular formula is C21H17N3O4S. The predicted octanol–water partition coefficient (Wildman–Crippen LogP) is 2.22. The molecule has 3 aromatic rings. The molecule has 1 amide bonds. The molecule has 2 aromatic carbocycles. The van der Waals surface area contributed by atoms with Gasteiger partial charge in [0.25, 0.3) is 5.91 Å². The van der Waals surface area contributed by atoms with Crippen LogP contribution in [0.25, 0.3) is 12.2 Å². The number of benzene rings is 2. The lowest BCUT2D eigenvalue weighted by Crippen LogP contribution is -2.30. The summed E-state index contributed by atoms with van der Waals surface area (Å²) in [6.45, 7) is 0. The van der Waals surface area contributed by atoms with Gasteiger partial charge in [0.2, 0.25) is 0 Å². The second-order valence-corrected chi connectivity index (χ2v) is 7.21. The fraction of sp³-hybridized carbons (Fsp3) is 0.0952. The minimum atomic E-state index is -0.362. The summed E-state index contributed by atoms with van der Waals surface area (Å²) in [5, 5.41) is 4.54. The third kappa shape index (κ3) is 3.97. The summed E-state index contributed by atoms with van der Waals surface area (Å²) in [6.07, 6.45) is 3.40. The number of H-pyrrole nitrogens is 1. The number of thiazole rings is 1. The largest absolute Gasteiger partial charge is 0.497 e. The summed E-state index contributed by atoms with van der Waals surface area (Å²) in [4.78, 5) is 31.7. The Morgan fingerprint density at radius 1 is 1.03 bits per heavy atom. The van der Waals surface area contributed by atoms with Crippen LogP contribution in [0.4, 0.5) is 11.5 Å². The van der Waals surface area contributed by atoms with Crippen molar-refractivity contribution in [3.8, 4) is 11.5 Å². The Hall–Kier alpha value is -3.65. The number of nitrogens with one attached hydrogen (secondary N) is 2. The SMILES string of the molecule is COc1ccc(Nc2[nH]c(=O)sc2C=C2C=c3cc(OC)ccc3=NC2=O)cc1. The van der Waals surface area contributed by atoms with Gasteiger partial charge in [-0.3, -0.25) is 14.6 Å². The van der Waals surface area contributed by atoms with Crippen LogP contribution in [0.1, 0.15) is 4.88 Å². The van der Waals surface area contributed by atoms with Crippen molar-refractivity contribution in [3.05, 3.63) is 73.2 Å². The number of aromatic amines is 1. The minimum Gasteiger partial charge on any atom is -0.497 e. The molecule has 146 valence electrons. The van der Waals surface area contributed by atoms with E-state index in [2.05, 4.69) is 15.3 Å². The molecule has 0 atom stereocenters. The van der Waals surface area contributed by atoms with E-state index < -0.39 is 0 Å². The number of hydrogen-bond donors (Lipinski definition) is 2. The van der Waals surface area contributed by atoms with Gasteiger partial charge in [0.1, 0.15) is 17.3 Å². The number of ether oxygens (including phenoxy) is 2. The predicted molar refractivity (Wildman–Crippen MR) is 112 cm³/mol. The molecule has 1 aromatic heterocycles. The number of nitrogens with zero attached hydrogens (tertiary/aromatic N) is 1. The first-order valence-corrected chi connectivity index (χ1v) is 9.52. The molecule has 0 fully saturated rings. The standard InChI is InChI=1S/C21H17N3O4S/c1-27-15-5-3-14(4-6-15)22-19-18(29-21(26)24-19)11-13-9-12-10-16(28-2)7-8-17(12)23-20(13)25/h3-11,22H,1-2H3,(H,24,26). The van der Waals surface area contributed by atoms with E-state index in [0.29, 0.717) is 27.4 Å². The molecular weight excluding hydrogens is 390 g/mol. The first kappa shape index (κ1) is 18.7. The highest BCUT2D eigenvalue weighted by Gasteiger charge is 2.14. The zero-order valence-electron chi connectivity index (χ0n) is 15.7. The van der Waals surface area contributed by atoms with Crippen LogP contribution in [0.3, 0.4) is 0 Å². The van der Waals surface area contributed by atoms with Crippen LogP contribution in [-0.2, 0) is 4.79 Å². The van der Waals surface area contributed by atoms with Crippen LogP contribution in [0.15, 0.2) is 57.8 Å². The van der Waals surface area contributed by atoms with Gasteiger partial charge in [-0.05, 0) is 54.6 Å². The summed E-state index contributed by atoms with van der Waals surface area (Å²) in [5.41, 5.74) is 1.16. The number of carbonyl (C=O) groups is 1. The number of anilines is 2. The zero-order valence-corrected chi connectivity index (χ0v) is 16.5. The first-order valence-electron chi connectivity index (χ1n) is 8.70. The molecule has 2 heterocycles. The fourth-order valence-electron chi connectivity index (χ4n) is 2.88. The second kappa shape index (κ2) is 7.76. The number of rotatable bonds is 5. The lowest BCUT2D eigenvalue weighted by atomic mass is 10.1. The molecule has 2 N–H and O–H groups in total. The van der Waals surface area contributed by atoms with Crippen molar-refractivity contribution < 1.29 is 14.3 Å². The highest BCUT2D eigenvalue weighted by molar-refractivity contribution is 7.10. The van der Waals surface area contributed by atoms with E-state index in [4.69, 9.17) is 9.47 Å². The summed E-state index contributed by atoms with van der Waals surface area (Å²) >= 11 is 1.01. The normalized spacial score (nSPS) is 14.0. The van der Waals surface area contributed by atoms with Crippen LogP contribution >= 0.6 is 11.3 Å². The van der Waals surface area contributed by atoms with Gasteiger partial charge in [0.05, 0.1) is 24.5 Å². The van der Waals surface area contributed by atoms with E-state index in [0.717, 1.165) is 28.0 Å². The van der Waals surface area contributed by atoms with E-state index in [1.54, 1.807) is 38.5 Å². The third-order valence-electron chi connectivity index (χ3n) is 4.34. The number of carbonyl (C=O) groups excluding carboxylic acids is 1. The van der Waals surface area contributed by atoms with Gasteiger partial charge in [-0.15, -0.1) is 0 Å². The molecule has 0 aliphatic carbocycles. The van der Waals surface area contributed by atoms with Crippen molar-refractivity contribution in [1.82, 2.24) is 4.98 Å². The molecule has 0 spiro atoms. The van der Waals surface area contributed by atoms with Crippen molar-refractivity contribution in [2.75, 3.05) is 19.5 Å². The van der Waals surface area contributed by atoms with Gasteiger partial charge in [0.15, 0.2) is 0 Å². The molecule has 1 aliphatic heterocycles. The number of fused-ring (bicyclic) bond motifs is 1. The quantitative estimate of drug-likeness (QED) is 0.633. The Bertz CT molecular complexity index is 1290. The second-order valence-electron chi connectivity index (χ2n) is 6.19. The van der Waals surface area contributed by atoms with E-state index in [9.17, 15) is 9.59 Å². The highest BCUT2D eigenvalue weighted by atomic mass is 32.1. The van der Waals surface area contributed by atoms with Crippen molar-refractivity contribution in [1.29, 1.82) is 0 Å². The summed E-state index contributed by atoms with van der Waals surface area (Å²) < 4.78 is 10.4. The molecule has 4 rings (SSSR count). The Kier molecular flexibility index (Phi) is 5.01. The number of hydrogen-bond acceptors (Lipinski definition) is 6. The molecule has 0 bridgehead atoms. The molecule has 0 saturated heterocycles. The van der Waals surface area contributed by atoms with Crippen LogP contribution in [-0.4, -0.2) is 25.1 Å². The van der Waals surface area contributed by atoms with E-state index in [-0.39, 0.29) is 10.8 Å². The zero-order chi connectivity index (χ0) is 20.4. The molecule has 1 aliphatic rings. The highest BCUT2D eigenvalue weighted by Crippen LogP contribution is 2.25. The molecule has 0 unspecified atom stereocenters. The summed E-state index contributed by atoms with van der Waals surface area (Å²) in [5.74, 6) is 1.56. The number of methoxy groups -OCH3 is 2. The van der Waals surface area contributed by atoms with Crippen molar-refractivity contribution in [3.63, 3.8) is 0 Å². The summed E-state index contributed by atoms with van der Waals surface area (Å²) in [6, 6.07) is 12.6. The minimum absolute atomic E-state index is 0.227. The molecule has 0 saturated carbocycles. The van der Waals surface area contributed by atoms with Gasteiger partial charge in [-0.25, -0.2) is 4.99 Å². The average molecular weight is 407 g/mol. The molecule has 0 radical (unpaired) electrons. The van der Waals surface area contributed by atoms with Crippen LogP contribution in [0.5, 0.6) is 11.5 Å². The van der Waals surface area contributed by atoms with Crippen LogP contribution in [0.2, 0.25) is 0 Å². The first-order chi connectivity index (χ1) is 14.1. The maximum Gasteiger partial charge on any atom is 0.306 e. The lowest BCUT2D eigenvalue weighted by molar-refractivity contribution is -0.114. The maximum absolute atomic E-state index is 12.4. The number of aromatic nitrogens is 1. The van der Waals surface area contributed by atoms with Crippen molar-refractivity contribution in [2.24, 2.45) is 4.99 Å². The van der Waals surface area contributed by atoms with Gasteiger partial charge >= 0.3 is 4.87 Å². The van der Waals surface area contributed by atoms with Gasteiger partial charge in [0, 0.05) is 16.5 Å². The lowest BCUT2D eigenvalue weighted by Gasteiger charge is -2.08. The van der Waals surface area contributed by atoms with Gasteiger partial charge in [-0.2, -0.15) is 0 Å².